The van der Waals surface area contributed by atoms with Gasteiger partial charge in [-0.25, -0.2) is 4.68 Å². The summed E-state index contributed by atoms with van der Waals surface area (Å²) in [6.07, 6.45) is 4.09. The van der Waals surface area contributed by atoms with Crippen LogP contribution < -0.4 is 5.73 Å². The third-order valence-corrected chi connectivity index (χ3v) is 4.31. The number of methoxy groups -OCH3 is 1. The van der Waals surface area contributed by atoms with Crippen LogP contribution in [0.1, 0.15) is 12.0 Å². The lowest BCUT2D eigenvalue weighted by Gasteiger charge is -2.22. The second kappa shape index (κ2) is 6.84. The molecule has 7 heteroatoms. The number of benzene rings is 1. The topological polar surface area (TPSA) is 90.5 Å². The monoisotopic (exact) mass is 328 g/mol. The van der Waals surface area contributed by atoms with Crippen LogP contribution in [-0.4, -0.2) is 52.3 Å². The smallest absolute Gasteiger partial charge is 0.240 e. The lowest BCUT2D eigenvalue weighted by molar-refractivity contribution is -0.136. The van der Waals surface area contributed by atoms with Gasteiger partial charge in [-0.3, -0.25) is 9.59 Å². The minimum Gasteiger partial charge on any atom is -0.380 e. The van der Waals surface area contributed by atoms with Crippen LogP contribution in [0.25, 0.3) is 5.69 Å². The van der Waals surface area contributed by atoms with E-state index in [0.29, 0.717) is 13.0 Å². The Morgan fingerprint density at radius 2 is 2.08 bits per heavy atom. The Bertz CT molecular complexity index is 712. The molecule has 0 saturated carbocycles. The number of nitrogens with two attached hydrogens (primary N) is 1. The van der Waals surface area contributed by atoms with Gasteiger partial charge in [-0.1, -0.05) is 12.1 Å². The highest BCUT2D eigenvalue weighted by atomic mass is 16.5. The molecule has 2 amide bonds. The fourth-order valence-electron chi connectivity index (χ4n) is 2.98. The van der Waals surface area contributed by atoms with Gasteiger partial charge < -0.3 is 15.4 Å². The molecule has 1 aromatic heterocycles. The third-order valence-electron chi connectivity index (χ3n) is 4.31. The molecule has 0 spiro atoms. The largest absolute Gasteiger partial charge is 0.380 e. The average Bonchev–Trinajstić information content (AvgIpc) is 3.25. The van der Waals surface area contributed by atoms with Crippen molar-refractivity contribution >= 4 is 11.8 Å². The molecule has 126 valence electrons. The zero-order valence-corrected chi connectivity index (χ0v) is 13.5. The van der Waals surface area contributed by atoms with E-state index in [1.807, 2.05) is 36.5 Å². The van der Waals surface area contributed by atoms with E-state index in [9.17, 15) is 9.59 Å². The molecule has 1 saturated heterocycles. The summed E-state index contributed by atoms with van der Waals surface area (Å²) in [6.45, 7) is 0.397. The summed E-state index contributed by atoms with van der Waals surface area (Å²) < 4.78 is 7.02. The van der Waals surface area contributed by atoms with E-state index in [0.717, 1.165) is 11.3 Å². The zero-order valence-electron chi connectivity index (χ0n) is 13.5. The molecule has 0 unspecified atom stereocenters. The zero-order chi connectivity index (χ0) is 17.1. The van der Waals surface area contributed by atoms with Crippen molar-refractivity contribution in [2.75, 3.05) is 13.7 Å². The quantitative estimate of drug-likeness (QED) is 0.866. The number of ether oxygens (including phenoxy) is 1. The predicted molar refractivity (Wildman–Crippen MR) is 87.4 cm³/mol. The first-order chi connectivity index (χ1) is 11.6. The van der Waals surface area contributed by atoms with Gasteiger partial charge in [-0.05, 0) is 23.8 Å². The number of carbonyl (C=O) groups is 2. The second-order valence-corrected chi connectivity index (χ2v) is 5.85. The van der Waals surface area contributed by atoms with Crippen molar-refractivity contribution in [2.45, 2.75) is 25.0 Å². The van der Waals surface area contributed by atoms with E-state index in [4.69, 9.17) is 10.5 Å². The summed E-state index contributed by atoms with van der Waals surface area (Å²) in [7, 11) is 1.57. The third kappa shape index (κ3) is 3.30. The molecule has 2 N–H and O–H groups in total. The molecule has 0 bridgehead atoms. The Labute approximate surface area is 140 Å². The van der Waals surface area contributed by atoms with Gasteiger partial charge in [-0.15, -0.1) is 0 Å². The lowest BCUT2D eigenvalue weighted by Crippen LogP contribution is -2.44. The van der Waals surface area contributed by atoms with Crippen LogP contribution in [0, 0.1) is 0 Å². The van der Waals surface area contributed by atoms with Crippen molar-refractivity contribution in [3.05, 3.63) is 48.3 Å². The Kier molecular flexibility index (Phi) is 4.61. The number of rotatable bonds is 5. The highest BCUT2D eigenvalue weighted by Crippen LogP contribution is 2.21. The fraction of sp³-hybridized carbons (Fsp3) is 0.353. The first-order valence-corrected chi connectivity index (χ1v) is 7.79. The van der Waals surface area contributed by atoms with Crippen LogP contribution in [-0.2, 0) is 20.7 Å². The molecule has 1 aliphatic rings. The maximum absolute atomic E-state index is 12.5. The van der Waals surface area contributed by atoms with E-state index in [1.165, 1.54) is 4.90 Å². The highest BCUT2D eigenvalue weighted by Gasteiger charge is 2.38. The van der Waals surface area contributed by atoms with Gasteiger partial charge in [0, 0.05) is 32.5 Å². The number of likely N-dealkylation sites (tertiary alicyclic amines) is 1. The van der Waals surface area contributed by atoms with Gasteiger partial charge in [0.15, 0.2) is 0 Å². The molecule has 3 rings (SSSR count). The van der Waals surface area contributed by atoms with Crippen LogP contribution in [0.2, 0.25) is 0 Å². The maximum atomic E-state index is 12.5. The summed E-state index contributed by atoms with van der Waals surface area (Å²) in [5.74, 6) is -0.609. The minimum absolute atomic E-state index is 0.120. The van der Waals surface area contributed by atoms with Crippen LogP contribution in [0.15, 0.2) is 42.7 Å². The number of primary amides is 1. The Morgan fingerprint density at radius 1 is 1.33 bits per heavy atom. The highest BCUT2D eigenvalue weighted by molar-refractivity contribution is 5.88. The molecule has 1 fully saturated rings. The SMILES string of the molecule is CO[C@H]1C[C@@H](C(N)=O)N(C(=O)Cc2ccc(-n3cccn3)cc2)C1. The number of hydrogen-bond acceptors (Lipinski definition) is 4. The van der Waals surface area contributed by atoms with Crippen molar-refractivity contribution in [3.8, 4) is 5.69 Å². The van der Waals surface area contributed by atoms with E-state index in [-0.39, 0.29) is 18.4 Å². The van der Waals surface area contributed by atoms with Crippen molar-refractivity contribution in [3.63, 3.8) is 0 Å². The van der Waals surface area contributed by atoms with Crippen molar-refractivity contribution in [1.29, 1.82) is 0 Å². The molecule has 2 atom stereocenters. The molecule has 7 nitrogen and oxygen atoms in total. The standard InChI is InChI=1S/C17H20N4O3/c1-24-14-10-15(17(18)23)20(11-14)16(22)9-12-3-5-13(6-4-12)21-8-2-7-19-21/h2-8,14-15H,9-11H2,1H3,(H2,18,23)/t14-,15-/m0/s1. The molecule has 1 aromatic carbocycles. The number of nitrogens with zero attached hydrogens (tertiary/aromatic N) is 3. The minimum atomic E-state index is -0.592. The second-order valence-electron chi connectivity index (χ2n) is 5.85. The van der Waals surface area contributed by atoms with Crippen LogP contribution in [0.5, 0.6) is 0 Å². The molecule has 1 aliphatic heterocycles. The van der Waals surface area contributed by atoms with E-state index in [2.05, 4.69) is 5.10 Å². The summed E-state index contributed by atoms with van der Waals surface area (Å²) >= 11 is 0. The van der Waals surface area contributed by atoms with Gasteiger partial charge in [-0.2, -0.15) is 5.10 Å². The van der Waals surface area contributed by atoms with Gasteiger partial charge in [0.1, 0.15) is 6.04 Å². The van der Waals surface area contributed by atoms with Crippen molar-refractivity contribution in [2.24, 2.45) is 5.73 Å². The Hall–Kier alpha value is -2.67. The predicted octanol–water partition coefficient (Wildman–Crippen LogP) is 0.516. The van der Waals surface area contributed by atoms with Crippen LogP contribution in [0.4, 0.5) is 0 Å². The number of aromatic nitrogens is 2. The number of amides is 2. The fourth-order valence-corrected chi connectivity index (χ4v) is 2.98. The summed E-state index contributed by atoms with van der Waals surface area (Å²) in [4.78, 5) is 25.6. The van der Waals surface area contributed by atoms with Gasteiger partial charge in [0.2, 0.25) is 11.8 Å². The first-order valence-electron chi connectivity index (χ1n) is 7.79. The molecule has 2 heterocycles. The molecular weight excluding hydrogens is 308 g/mol. The molecule has 0 aliphatic carbocycles. The first kappa shape index (κ1) is 16.2. The normalized spacial score (nSPS) is 20.3. The van der Waals surface area contributed by atoms with Gasteiger partial charge in [0.05, 0.1) is 18.2 Å². The lowest BCUT2D eigenvalue weighted by atomic mass is 10.1. The molecule has 2 aromatic rings. The van der Waals surface area contributed by atoms with E-state index >= 15 is 0 Å². The van der Waals surface area contributed by atoms with Crippen LogP contribution >= 0.6 is 0 Å². The number of carbonyl (C=O) groups excluding carboxylic acids is 2. The summed E-state index contributed by atoms with van der Waals surface area (Å²) in [5.41, 5.74) is 7.21. The maximum Gasteiger partial charge on any atom is 0.240 e. The molecular formula is C17H20N4O3. The Balaban J connectivity index is 1.69. The van der Waals surface area contributed by atoms with Gasteiger partial charge in [0.25, 0.3) is 0 Å². The van der Waals surface area contributed by atoms with E-state index < -0.39 is 11.9 Å². The average molecular weight is 328 g/mol. The summed E-state index contributed by atoms with van der Waals surface area (Å²) in [6, 6.07) is 8.84. The van der Waals surface area contributed by atoms with Gasteiger partial charge >= 0.3 is 0 Å². The summed E-state index contributed by atoms with van der Waals surface area (Å²) in [5, 5.41) is 4.16. The van der Waals surface area contributed by atoms with Crippen molar-refractivity contribution in [1.82, 2.24) is 14.7 Å². The molecule has 24 heavy (non-hydrogen) atoms. The Morgan fingerprint density at radius 3 is 2.67 bits per heavy atom. The number of hydrogen-bond donors (Lipinski definition) is 1. The van der Waals surface area contributed by atoms with E-state index in [1.54, 1.807) is 18.0 Å². The molecule has 0 radical (unpaired) electrons. The van der Waals surface area contributed by atoms with Crippen LogP contribution in [0.3, 0.4) is 0 Å². The van der Waals surface area contributed by atoms with Crippen molar-refractivity contribution < 1.29 is 14.3 Å².